The van der Waals surface area contributed by atoms with E-state index in [0.717, 1.165) is 53.8 Å². The molecule has 0 fully saturated rings. The lowest BCUT2D eigenvalue weighted by molar-refractivity contribution is -0.117. The zero-order valence-electron chi connectivity index (χ0n) is 19.9. The Labute approximate surface area is 201 Å². The number of benzene rings is 2. The highest BCUT2D eigenvalue weighted by Gasteiger charge is 2.43. The number of carbonyl (C=O) groups excluding carboxylic acids is 2. The van der Waals surface area contributed by atoms with Gasteiger partial charge in [-0.3, -0.25) is 9.59 Å². The molecule has 34 heavy (non-hydrogen) atoms. The van der Waals surface area contributed by atoms with Gasteiger partial charge in [0, 0.05) is 47.8 Å². The number of Topliss-reactive ketones (excluding diaryl/α,β-unsaturated/α-hetero) is 2. The van der Waals surface area contributed by atoms with Crippen molar-refractivity contribution in [2.75, 3.05) is 13.7 Å². The molecule has 5 nitrogen and oxygen atoms in total. The maximum absolute atomic E-state index is 13.5. The van der Waals surface area contributed by atoms with E-state index in [2.05, 4.69) is 17.0 Å². The lowest BCUT2D eigenvalue weighted by Gasteiger charge is -2.44. The van der Waals surface area contributed by atoms with Crippen molar-refractivity contribution in [3.05, 3.63) is 82.2 Å². The van der Waals surface area contributed by atoms with Crippen molar-refractivity contribution >= 4 is 11.6 Å². The van der Waals surface area contributed by atoms with Gasteiger partial charge >= 0.3 is 0 Å². The topological polar surface area (TPSA) is 55.8 Å². The van der Waals surface area contributed by atoms with Gasteiger partial charge < -0.3 is 14.4 Å². The Morgan fingerprint density at radius 1 is 0.853 bits per heavy atom. The third-order valence-electron chi connectivity index (χ3n) is 7.09. The number of allylic oxidation sites excluding steroid dienone is 4. The molecule has 0 saturated carbocycles. The minimum atomic E-state index is -0.345. The third kappa shape index (κ3) is 3.93. The fraction of sp³-hybridized carbons (Fsp3) is 0.379. The number of hydrogen-bond acceptors (Lipinski definition) is 5. The third-order valence-corrected chi connectivity index (χ3v) is 7.09. The van der Waals surface area contributed by atoms with Crippen LogP contribution in [0.3, 0.4) is 0 Å². The van der Waals surface area contributed by atoms with Crippen LogP contribution >= 0.6 is 0 Å². The van der Waals surface area contributed by atoms with E-state index in [4.69, 9.17) is 9.47 Å². The van der Waals surface area contributed by atoms with Gasteiger partial charge in [-0.1, -0.05) is 36.4 Å². The maximum atomic E-state index is 13.5. The largest absolute Gasteiger partial charge is 0.493 e. The summed E-state index contributed by atoms with van der Waals surface area (Å²) in [5.74, 6) is 1.26. The van der Waals surface area contributed by atoms with Crippen LogP contribution in [0.5, 0.6) is 11.5 Å². The summed E-state index contributed by atoms with van der Waals surface area (Å²) < 4.78 is 11.3. The maximum Gasteiger partial charge on any atom is 0.161 e. The van der Waals surface area contributed by atoms with E-state index in [0.29, 0.717) is 37.5 Å². The predicted octanol–water partition coefficient (Wildman–Crippen LogP) is 5.71. The number of ketones is 2. The normalized spacial score (nSPS) is 18.7. The predicted molar refractivity (Wildman–Crippen MR) is 131 cm³/mol. The van der Waals surface area contributed by atoms with Crippen molar-refractivity contribution < 1.29 is 19.1 Å². The Morgan fingerprint density at radius 3 is 2.09 bits per heavy atom. The Morgan fingerprint density at radius 2 is 1.50 bits per heavy atom. The summed E-state index contributed by atoms with van der Waals surface area (Å²) in [5, 5.41) is 0. The van der Waals surface area contributed by atoms with Crippen LogP contribution in [0, 0.1) is 0 Å². The minimum absolute atomic E-state index is 0.156. The number of carbonyl (C=O) groups is 2. The first kappa shape index (κ1) is 22.5. The van der Waals surface area contributed by atoms with Crippen LogP contribution in [-0.4, -0.2) is 30.2 Å². The van der Waals surface area contributed by atoms with Crippen molar-refractivity contribution in [2.45, 2.75) is 57.9 Å². The van der Waals surface area contributed by atoms with Crippen LogP contribution < -0.4 is 9.47 Å². The average Bonchev–Trinajstić information content (AvgIpc) is 2.85. The molecule has 2 aromatic rings. The van der Waals surface area contributed by atoms with Crippen LogP contribution in [0.25, 0.3) is 0 Å². The molecule has 0 aromatic heterocycles. The second-order valence-electron chi connectivity index (χ2n) is 9.12. The summed E-state index contributed by atoms with van der Waals surface area (Å²) >= 11 is 0. The van der Waals surface area contributed by atoms with Crippen molar-refractivity contribution in [2.24, 2.45) is 0 Å². The molecule has 5 rings (SSSR count). The first-order valence-electron chi connectivity index (χ1n) is 12.3. The molecule has 2 aromatic carbocycles. The second-order valence-corrected chi connectivity index (χ2v) is 9.12. The van der Waals surface area contributed by atoms with Crippen molar-refractivity contribution in [3.63, 3.8) is 0 Å². The Kier molecular flexibility index (Phi) is 6.27. The van der Waals surface area contributed by atoms with E-state index in [1.165, 1.54) is 5.56 Å². The van der Waals surface area contributed by atoms with E-state index in [1.54, 1.807) is 7.11 Å². The molecule has 0 spiro atoms. The highest BCUT2D eigenvalue weighted by atomic mass is 16.5. The first-order chi connectivity index (χ1) is 16.6. The summed E-state index contributed by atoms with van der Waals surface area (Å²) in [6, 6.07) is 16.1. The van der Waals surface area contributed by atoms with E-state index in [9.17, 15) is 9.59 Å². The molecular formula is C29H31NO4. The number of hydrogen-bond donors (Lipinski definition) is 0. The molecule has 5 heteroatoms. The molecule has 176 valence electrons. The molecular weight excluding hydrogens is 426 g/mol. The van der Waals surface area contributed by atoms with Gasteiger partial charge in [-0.25, -0.2) is 0 Å². The van der Waals surface area contributed by atoms with Crippen molar-refractivity contribution in [1.29, 1.82) is 0 Å². The van der Waals surface area contributed by atoms with Gasteiger partial charge in [-0.15, -0.1) is 0 Å². The highest BCUT2D eigenvalue weighted by Crippen LogP contribution is 2.50. The number of methoxy groups -OCH3 is 1. The summed E-state index contributed by atoms with van der Waals surface area (Å²) in [4.78, 5) is 29.2. The van der Waals surface area contributed by atoms with E-state index in [-0.39, 0.29) is 17.5 Å². The van der Waals surface area contributed by atoms with Gasteiger partial charge in [0.25, 0.3) is 0 Å². The van der Waals surface area contributed by atoms with Crippen molar-refractivity contribution in [3.8, 4) is 11.5 Å². The van der Waals surface area contributed by atoms with Crippen molar-refractivity contribution in [1.82, 2.24) is 4.90 Å². The van der Waals surface area contributed by atoms with Crippen LogP contribution in [0.4, 0.5) is 0 Å². The second kappa shape index (κ2) is 9.49. The molecule has 0 N–H and O–H groups in total. The summed E-state index contributed by atoms with van der Waals surface area (Å²) in [6.07, 6.45) is 4.45. The number of ether oxygens (including phenoxy) is 2. The summed E-state index contributed by atoms with van der Waals surface area (Å²) in [5.41, 5.74) is 5.88. The minimum Gasteiger partial charge on any atom is -0.493 e. The first-order valence-corrected chi connectivity index (χ1v) is 12.3. The Balaban J connectivity index is 1.69. The summed E-state index contributed by atoms with van der Waals surface area (Å²) in [6.45, 7) is 3.12. The summed E-state index contributed by atoms with van der Waals surface area (Å²) in [7, 11) is 1.62. The SMILES string of the molecule is CCOc1cc(C2C3=C(CCCC3=O)N(Cc3ccccc3)C3=C2C(=O)CCC3)ccc1OC. The van der Waals surface area contributed by atoms with Gasteiger partial charge in [-0.05, 0) is 55.9 Å². The van der Waals surface area contributed by atoms with Crippen LogP contribution in [-0.2, 0) is 16.1 Å². The molecule has 2 aliphatic carbocycles. The quantitative estimate of drug-likeness (QED) is 0.556. The number of nitrogens with zero attached hydrogens (tertiary/aromatic N) is 1. The van der Waals surface area contributed by atoms with Gasteiger partial charge in [0.15, 0.2) is 23.1 Å². The van der Waals surface area contributed by atoms with Crippen LogP contribution in [0.1, 0.15) is 62.5 Å². The Hall–Kier alpha value is -3.34. The molecule has 0 radical (unpaired) electrons. The molecule has 3 aliphatic rings. The standard InChI is InChI=1S/C29H31NO4/c1-3-34-26-17-20(15-16-25(26)33-2)27-28-21(11-7-13-23(28)31)30(18-19-9-5-4-6-10-19)22-12-8-14-24(32)29(22)27/h4-6,9-10,15-17,27H,3,7-8,11-14,18H2,1-2H3. The lowest BCUT2D eigenvalue weighted by Crippen LogP contribution is -2.38. The monoisotopic (exact) mass is 457 g/mol. The molecule has 0 unspecified atom stereocenters. The zero-order valence-corrected chi connectivity index (χ0v) is 19.9. The fourth-order valence-corrected chi connectivity index (χ4v) is 5.65. The van der Waals surface area contributed by atoms with E-state index < -0.39 is 0 Å². The van der Waals surface area contributed by atoms with Crippen LogP contribution in [0.2, 0.25) is 0 Å². The molecule has 1 heterocycles. The highest BCUT2D eigenvalue weighted by molar-refractivity contribution is 6.06. The molecule has 0 saturated heterocycles. The zero-order chi connectivity index (χ0) is 23.7. The number of rotatable bonds is 6. The Bertz CT molecular complexity index is 1130. The lowest BCUT2D eigenvalue weighted by atomic mass is 9.71. The van der Waals surface area contributed by atoms with Gasteiger partial charge in [0.05, 0.1) is 13.7 Å². The molecule has 0 amide bonds. The van der Waals surface area contributed by atoms with Gasteiger partial charge in [0.2, 0.25) is 0 Å². The molecule has 1 aliphatic heterocycles. The van der Waals surface area contributed by atoms with Crippen LogP contribution in [0.15, 0.2) is 71.1 Å². The average molecular weight is 458 g/mol. The molecule has 0 atom stereocenters. The van der Waals surface area contributed by atoms with E-state index in [1.807, 2.05) is 43.3 Å². The fourth-order valence-electron chi connectivity index (χ4n) is 5.65. The smallest absolute Gasteiger partial charge is 0.161 e. The van der Waals surface area contributed by atoms with E-state index >= 15 is 0 Å². The van der Waals surface area contributed by atoms with Gasteiger partial charge in [-0.2, -0.15) is 0 Å². The van der Waals surface area contributed by atoms with Gasteiger partial charge in [0.1, 0.15) is 0 Å². The molecule has 0 bridgehead atoms.